The van der Waals surface area contributed by atoms with Crippen LogP contribution < -0.4 is 0 Å². The van der Waals surface area contributed by atoms with Gasteiger partial charge in [-0.1, -0.05) is 63.8 Å². The first-order valence-corrected chi connectivity index (χ1v) is 12.1. The predicted octanol–water partition coefficient (Wildman–Crippen LogP) is 7.88. The number of hydrogen-bond acceptors (Lipinski definition) is 2. The molecule has 0 aromatic rings. The van der Waals surface area contributed by atoms with Gasteiger partial charge < -0.3 is 9.47 Å². The Morgan fingerprint density at radius 1 is 0.714 bits per heavy atom. The molecule has 0 bridgehead atoms. The molecule has 0 N–H and O–H groups in total. The molecule has 2 heteroatoms. The monoisotopic (exact) mass is 392 g/mol. The van der Waals surface area contributed by atoms with E-state index in [2.05, 4.69) is 38.2 Å². The van der Waals surface area contributed by atoms with Crippen molar-refractivity contribution in [2.24, 2.45) is 11.8 Å². The summed E-state index contributed by atoms with van der Waals surface area (Å²) in [6, 6.07) is 0. The summed E-state index contributed by atoms with van der Waals surface area (Å²) in [7, 11) is 3.65. The Morgan fingerprint density at radius 2 is 1.14 bits per heavy atom. The summed E-state index contributed by atoms with van der Waals surface area (Å²) in [5.41, 5.74) is 0. The van der Waals surface area contributed by atoms with Gasteiger partial charge in [-0.25, -0.2) is 0 Å². The van der Waals surface area contributed by atoms with Crippen LogP contribution in [0.4, 0.5) is 0 Å². The SMILES string of the molecule is CCC(CCCCC1C=CCC1)OC.CCC(CCCCC1C=CCC1)OC. The van der Waals surface area contributed by atoms with Gasteiger partial charge in [-0.15, -0.1) is 0 Å². The average molecular weight is 393 g/mol. The van der Waals surface area contributed by atoms with Crippen molar-refractivity contribution in [3.8, 4) is 0 Å². The molecular weight excluding hydrogens is 344 g/mol. The van der Waals surface area contributed by atoms with Gasteiger partial charge in [0.2, 0.25) is 0 Å². The van der Waals surface area contributed by atoms with Crippen LogP contribution in [0.3, 0.4) is 0 Å². The quantitative estimate of drug-likeness (QED) is 0.221. The fraction of sp³-hybridized carbons (Fsp3) is 0.846. The van der Waals surface area contributed by atoms with Crippen LogP contribution in [0.2, 0.25) is 0 Å². The van der Waals surface area contributed by atoms with Crippen molar-refractivity contribution in [1.29, 1.82) is 0 Å². The first-order chi connectivity index (χ1) is 13.7. The van der Waals surface area contributed by atoms with E-state index in [9.17, 15) is 0 Å². The first-order valence-electron chi connectivity index (χ1n) is 12.1. The highest BCUT2D eigenvalue weighted by atomic mass is 16.5. The van der Waals surface area contributed by atoms with Crippen LogP contribution >= 0.6 is 0 Å². The second-order valence-electron chi connectivity index (χ2n) is 8.63. The molecule has 0 saturated heterocycles. The van der Waals surface area contributed by atoms with Gasteiger partial charge >= 0.3 is 0 Å². The molecule has 0 fully saturated rings. The minimum absolute atomic E-state index is 0.495. The second kappa shape index (κ2) is 17.3. The van der Waals surface area contributed by atoms with Gasteiger partial charge in [0, 0.05) is 14.2 Å². The lowest BCUT2D eigenvalue weighted by atomic mass is 9.99. The molecule has 0 amide bonds. The van der Waals surface area contributed by atoms with Crippen LogP contribution in [0.1, 0.15) is 104 Å². The summed E-state index contributed by atoms with van der Waals surface area (Å²) in [4.78, 5) is 0. The van der Waals surface area contributed by atoms with Crippen molar-refractivity contribution in [3.05, 3.63) is 24.3 Å². The Labute approximate surface area is 176 Å². The summed E-state index contributed by atoms with van der Waals surface area (Å²) in [5, 5.41) is 0. The predicted molar refractivity (Wildman–Crippen MR) is 123 cm³/mol. The molecule has 2 aliphatic rings. The van der Waals surface area contributed by atoms with Crippen LogP contribution in [0.5, 0.6) is 0 Å². The lowest BCUT2D eigenvalue weighted by molar-refractivity contribution is 0.0894. The van der Waals surface area contributed by atoms with Crippen molar-refractivity contribution in [1.82, 2.24) is 0 Å². The Bertz CT molecular complexity index is 355. The molecule has 28 heavy (non-hydrogen) atoms. The van der Waals surface area contributed by atoms with Crippen LogP contribution in [0.15, 0.2) is 24.3 Å². The number of hydrogen-bond donors (Lipinski definition) is 0. The molecule has 2 aliphatic carbocycles. The van der Waals surface area contributed by atoms with Gasteiger partial charge in [0.05, 0.1) is 12.2 Å². The third-order valence-corrected chi connectivity index (χ3v) is 6.50. The topological polar surface area (TPSA) is 18.5 Å². The van der Waals surface area contributed by atoms with E-state index >= 15 is 0 Å². The molecule has 4 atom stereocenters. The Kier molecular flexibility index (Phi) is 15.7. The maximum absolute atomic E-state index is 5.36. The zero-order valence-corrected chi connectivity index (χ0v) is 19.3. The molecule has 0 aromatic heterocycles. The summed E-state index contributed by atoms with van der Waals surface area (Å²) in [6.07, 6.45) is 28.8. The van der Waals surface area contributed by atoms with E-state index in [0.29, 0.717) is 12.2 Å². The molecule has 0 spiro atoms. The van der Waals surface area contributed by atoms with Gasteiger partial charge in [-0.3, -0.25) is 0 Å². The summed E-state index contributed by atoms with van der Waals surface area (Å²) in [5.74, 6) is 1.77. The minimum Gasteiger partial charge on any atom is -0.381 e. The Hall–Kier alpha value is -0.600. The molecule has 2 nitrogen and oxygen atoms in total. The highest BCUT2D eigenvalue weighted by molar-refractivity contribution is 4.96. The lowest BCUT2D eigenvalue weighted by Gasteiger charge is -2.13. The van der Waals surface area contributed by atoms with E-state index in [4.69, 9.17) is 9.47 Å². The van der Waals surface area contributed by atoms with Gasteiger partial charge in [0.15, 0.2) is 0 Å². The molecule has 0 aliphatic heterocycles. The van der Waals surface area contributed by atoms with Crippen molar-refractivity contribution >= 4 is 0 Å². The van der Waals surface area contributed by atoms with Crippen LogP contribution in [0.25, 0.3) is 0 Å². The number of methoxy groups -OCH3 is 2. The maximum atomic E-state index is 5.36. The third kappa shape index (κ3) is 12.1. The van der Waals surface area contributed by atoms with Crippen molar-refractivity contribution < 1.29 is 9.47 Å². The molecule has 0 heterocycles. The summed E-state index contributed by atoms with van der Waals surface area (Å²) in [6.45, 7) is 4.40. The molecule has 0 aromatic carbocycles. The molecule has 0 saturated carbocycles. The largest absolute Gasteiger partial charge is 0.381 e. The van der Waals surface area contributed by atoms with E-state index in [1.165, 1.54) is 77.0 Å². The Morgan fingerprint density at radius 3 is 1.43 bits per heavy atom. The van der Waals surface area contributed by atoms with E-state index in [1.807, 2.05) is 14.2 Å². The average Bonchev–Trinajstić information content (AvgIpc) is 3.43. The van der Waals surface area contributed by atoms with E-state index in [1.54, 1.807) is 0 Å². The van der Waals surface area contributed by atoms with Gasteiger partial charge in [-0.2, -0.15) is 0 Å². The molecule has 4 unspecified atom stereocenters. The number of allylic oxidation sites excluding steroid dienone is 4. The van der Waals surface area contributed by atoms with E-state index in [-0.39, 0.29) is 0 Å². The van der Waals surface area contributed by atoms with Gasteiger partial charge in [0.25, 0.3) is 0 Å². The molecule has 164 valence electrons. The van der Waals surface area contributed by atoms with E-state index < -0.39 is 0 Å². The zero-order chi connectivity index (χ0) is 20.5. The third-order valence-electron chi connectivity index (χ3n) is 6.50. The van der Waals surface area contributed by atoms with Gasteiger partial charge in [-0.05, 0) is 76.0 Å². The number of unbranched alkanes of at least 4 members (excludes halogenated alkanes) is 2. The lowest BCUT2D eigenvalue weighted by Crippen LogP contribution is -2.08. The molecular formula is C26H48O2. The first kappa shape index (κ1) is 25.4. The van der Waals surface area contributed by atoms with Crippen LogP contribution in [-0.4, -0.2) is 26.4 Å². The van der Waals surface area contributed by atoms with E-state index in [0.717, 1.165) is 24.7 Å². The van der Waals surface area contributed by atoms with Crippen LogP contribution in [-0.2, 0) is 9.47 Å². The second-order valence-corrected chi connectivity index (χ2v) is 8.63. The van der Waals surface area contributed by atoms with Crippen molar-refractivity contribution in [3.63, 3.8) is 0 Å². The Balaban J connectivity index is 0.000000280. The molecule has 2 rings (SSSR count). The minimum atomic E-state index is 0.495. The van der Waals surface area contributed by atoms with Crippen LogP contribution in [0, 0.1) is 11.8 Å². The summed E-state index contributed by atoms with van der Waals surface area (Å²) >= 11 is 0. The van der Waals surface area contributed by atoms with Gasteiger partial charge in [0.1, 0.15) is 0 Å². The van der Waals surface area contributed by atoms with Crippen molar-refractivity contribution in [2.45, 2.75) is 116 Å². The maximum Gasteiger partial charge on any atom is 0.0568 e. The standard InChI is InChI=1S/2C13H24O/c2*1-3-13(14-2)11-7-6-10-12-8-4-5-9-12/h2*4,8,12-13H,3,5-7,9-11H2,1-2H3. The van der Waals surface area contributed by atoms with Crippen molar-refractivity contribution in [2.75, 3.05) is 14.2 Å². The smallest absolute Gasteiger partial charge is 0.0568 e. The number of rotatable bonds is 14. The molecule has 0 radical (unpaired) electrons. The zero-order valence-electron chi connectivity index (χ0n) is 19.3. The number of ether oxygens (including phenoxy) is 2. The fourth-order valence-corrected chi connectivity index (χ4v) is 4.41. The normalized spacial score (nSPS) is 22.9. The highest BCUT2D eigenvalue weighted by Gasteiger charge is 2.10. The fourth-order valence-electron chi connectivity index (χ4n) is 4.41. The highest BCUT2D eigenvalue weighted by Crippen LogP contribution is 2.24. The summed E-state index contributed by atoms with van der Waals surface area (Å²) < 4.78 is 10.7.